The monoisotopic (exact) mass is 319 g/mol. The number of alkyl halides is 3. The maximum atomic E-state index is 12.4. The maximum Gasteiger partial charge on any atom is 0.417 e. The first-order valence-corrected chi connectivity index (χ1v) is 6.47. The standard InChI is InChI=1S/C13H13ClF3N3O/c1-7-9(12(14)20(2)19-7)5-11(21)10-4-3-8(6-18-10)13(15,16)17/h3-4,6,11,21H,5H2,1-2H3. The van der Waals surface area contributed by atoms with Crippen LogP contribution in [0.1, 0.15) is 28.6 Å². The van der Waals surface area contributed by atoms with Gasteiger partial charge in [0.15, 0.2) is 0 Å². The zero-order chi connectivity index (χ0) is 15.8. The van der Waals surface area contributed by atoms with E-state index in [2.05, 4.69) is 10.1 Å². The van der Waals surface area contributed by atoms with Crippen molar-refractivity contribution in [3.05, 3.63) is 46.0 Å². The molecule has 0 bridgehead atoms. The molecule has 2 aromatic heterocycles. The number of hydrogen-bond donors (Lipinski definition) is 1. The van der Waals surface area contributed by atoms with Crippen LogP contribution in [-0.2, 0) is 19.6 Å². The number of aliphatic hydroxyl groups excluding tert-OH is 1. The Morgan fingerprint density at radius 1 is 1.38 bits per heavy atom. The van der Waals surface area contributed by atoms with Crippen molar-refractivity contribution in [2.24, 2.45) is 7.05 Å². The van der Waals surface area contributed by atoms with Crippen LogP contribution in [0.2, 0.25) is 5.15 Å². The van der Waals surface area contributed by atoms with Crippen molar-refractivity contribution < 1.29 is 18.3 Å². The van der Waals surface area contributed by atoms with Gasteiger partial charge in [-0.2, -0.15) is 18.3 Å². The van der Waals surface area contributed by atoms with Crippen molar-refractivity contribution in [2.75, 3.05) is 0 Å². The van der Waals surface area contributed by atoms with Gasteiger partial charge in [0, 0.05) is 25.2 Å². The summed E-state index contributed by atoms with van der Waals surface area (Å²) in [5, 5.41) is 14.6. The molecular weight excluding hydrogens is 307 g/mol. The minimum absolute atomic E-state index is 0.136. The van der Waals surface area contributed by atoms with Crippen molar-refractivity contribution in [3.63, 3.8) is 0 Å². The largest absolute Gasteiger partial charge is 0.417 e. The number of rotatable bonds is 3. The molecule has 1 atom stereocenters. The molecule has 0 aliphatic rings. The molecule has 0 fully saturated rings. The van der Waals surface area contributed by atoms with E-state index in [-0.39, 0.29) is 12.1 Å². The normalized spacial score (nSPS) is 13.5. The average Bonchev–Trinajstić information content (AvgIpc) is 2.64. The lowest BCUT2D eigenvalue weighted by Crippen LogP contribution is -2.09. The van der Waals surface area contributed by atoms with Gasteiger partial charge in [-0.1, -0.05) is 11.6 Å². The average molecular weight is 320 g/mol. The van der Waals surface area contributed by atoms with Crippen molar-refractivity contribution >= 4 is 11.6 Å². The molecule has 0 saturated heterocycles. The summed E-state index contributed by atoms with van der Waals surface area (Å²) in [4.78, 5) is 3.67. The second-order valence-electron chi connectivity index (χ2n) is 4.67. The zero-order valence-corrected chi connectivity index (χ0v) is 12.1. The number of aliphatic hydroxyl groups is 1. The Morgan fingerprint density at radius 2 is 2.05 bits per heavy atom. The molecule has 21 heavy (non-hydrogen) atoms. The van der Waals surface area contributed by atoms with Crippen LogP contribution >= 0.6 is 11.6 Å². The molecule has 0 amide bonds. The van der Waals surface area contributed by atoms with Crippen LogP contribution in [0, 0.1) is 6.92 Å². The predicted octanol–water partition coefficient (Wildman–Crippen LogP) is 3.07. The summed E-state index contributed by atoms with van der Waals surface area (Å²) in [7, 11) is 1.67. The molecule has 8 heteroatoms. The summed E-state index contributed by atoms with van der Waals surface area (Å²) in [5.41, 5.74) is 0.609. The third kappa shape index (κ3) is 3.36. The quantitative estimate of drug-likeness (QED) is 0.946. The maximum absolute atomic E-state index is 12.4. The molecule has 2 rings (SSSR count). The number of aryl methyl sites for hydroxylation is 2. The van der Waals surface area contributed by atoms with Crippen LogP contribution in [-0.4, -0.2) is 19.9 Å². The number of nitrogens with zero attached hydrogens (tertiary/aromatic N) is 3. The Labute approximate surface area is 124 Å². The van der Waals surface area contributed by atoms with Gasteiger partial charge in [-0.15, -0.1) is 0 Å². The Morgan fingerprint density at radius 3 is 2.48 bits per heavy atom. The lowest BCUT2D eigenvalue weighted by Gasteiger charge is -2.12. The van der Waals surface area contributed by atoms with Gasteiger partial charge in [0.2, 0.25) is 0 Å². The first-order valence-electron chi connectivity index (χ1n) is 6.09. The molecule has 0 aliphatic carbocycles. The highest BCUT2D eigenvalue weighted by Gasteiger charge is 2.31. The summed E-state index contributed by atoms with van der Waals surface area (Å²) < 4.78 is 38.8. The van der Waals surface area contributed by atoms with E-state index in [1.807, 2.05) is 0 Å². The number of hydrogen-bond acceptors (Lipinski definition) is 3. The van der Waals surface area contributed by atoms with Gasteiger partial charge in [0.05, 0.1) is 17.0 Å². The van der Waals surface area contributed by atoms with E-state index >= 15 is 0 Å². The fraction of sp³-hybridized carbons (Fsp3) is 0.385. The van der Waals surface area contributed by atoms with Crippen LogP contribution in [0.4, 0.5) is 13.2 Å². The molecule has 2 aromatic rings. The van der Waals surface area contributed by atoms with E-state index in [0.29, 0.717) is 22.6 Å². The first kappa shape index (κ1) is 15.8. The highest BCUT2D eigenvalue weighted by Crippen LogP contribution is 2.30. The van der Waals surface area contributed by atoms with Gasteiger partial charge >= 0.3 is 6.18 Å². The molecule has 0 aromatic carbocycles. The van der Waals surface area contributed by atoms with E-state index in [9.17, 15) is 18.3 Å². The number of halogens is 4. The summed E-state index contributed by atoms with van der Waals surface area (Å²) in [5.74, 6) is 0. The highest BCUT2D eigenvalue weighted by atomic mass is 35.5. The van der Waals surface area contributed by atoms with Gasteiger partial charge in [-0.05, 0) is 19.1 Å². The van der Waals surface area contributed by atoms with E-state index < -0.39 is 17.8 Å². The minimum atomic E-state index is -4.44. The molecule has 114 valence electrons. The number of pyridine rings is 1. The lowest BCUT2D eigenvalue weighted by molar-refractivity contribution is -0.137. The molecule has 2 heterocycles. The second kappa shape index (κ2) is 5.65. The van der Waals surface area contributed by atoms with Crippen LogP contribution in [0.25, 0.3) is 0 Å². The molecule has 0 spiro atoms. The zero-order valence-electron chi connectivity index (χ0n) is 11.3. The van der Waals surface area contributed by atoms with Crippen LogP contribution in [0.15, 0.2) is 18.3 Å². The van der Waals surface area contributed by atoms with Gasteiger partial charge in [0.1, 0.15) is 11.3 Å². The van der Waals surface area contributed by atoms with E-state index in [4.69, 9.17) is 11.6 Å². The van der Waals surface area contributed by atoms with Crippen molar-refractivity contribution in [2.45, 2.75) is 25.6 Å². The summed E-state index contributed by atoms with van der Waals surface area (Å²) in [6.07, 6.45) is -4.65. The smallest absolute Gasteiger partial charge is 0.386 e. The lowest BCUT2D eigenvalue weighted by atomic mass is 10.1. The minimum Gasteiger partial charge on any atom is -0.386 e. The fourth-order valence-corrected chi connectivity index (χ4v) is 2.23. The molecule has 1 N–H and O–H groups in total. The third-order valence-corrected chi connectivity index (χ3v) is 3.60. The molecule has 0 radical (unpaired) electrons. The molecule has 0 aliphatic heterocycles. The van der Waals surface area contributed by atoms with Gasteiger partial charge in [-0.3, -0.25) is 9.67 Å². The Kier molecular flexibility index (Phi) is 4.25. The molecule has 1 unspecified atom stereocenters. The Balaban J connectivity index is 2.19. The van der Waals surface area contributed by atoms with E-state index in [1.54, 1.807) is 14.0 Å². The van der Waals surface area contributed by atoms with E-state index in [1.165, 1.54) is 4.68 Å². The Bertz CT molecular complexity index is 637. The first-order chi connectivity index (χ1) is 9.70. The SMILES string of the molecule is Cc1nn(C)c(Cl)c1CC(O)c1ccc(C(F)(F)F)cn1. The van der Waals surface area contributed by atoms with E-state index in [0.717, 1.165) is 12.1 Å². The summed E-state index contributed by atoms with van der Waals surface area (Å²) >= 11 is 6.05. The summed E-state index contributed by atoms with van der Waals surface area (Å²) in [6.45, 7) is 1.74. The third-order valence-electron chi connectivity index (χ3n) is 3.12. The number of aromatic nitrogens is 3. The summed E-state index contributed by atoms with van der Waals surface area (Å²) in [6, 6.07) is 2.05. The van der Waals surface area contributed by atoms with Crippen LogP contribution in [0.5, 0.6) is 0 Å². The molecular formula is C13H13ClF3N3O. The van der Waals surface area contributed by atoms with Crippen molar-refractivity contribution in [3.8, 4) is 0 Å². The van der Waals surface area contributed by atoms with Gasteiger partial charge in [0.25, 0.3) is 0 Å². The second-order valence-corrected chi connectivity index (χ2v) is 5.03. The highest BCUT2D eigenvalue weighted by molar-refractivity contribution is 6.30. The van der Waals surface area contributed by atoms with Crippen molar-refractivity contribution in [1.29, 1.82) is 0 Å². The van der Waals surface area contributed by atoms with Gasteiger partial charge in [-0.25, -0.2) is 0 Å². The Hall–Kier alpha value is -1.60. The molecule has 0 saturated carbocycles. The predicted molar refractivity (Wildman–Crippen MR) is 70.9 cm³/mol. The van der Waals surface area contributed by atoms with Gasteiger partial charge < -0.3 is 5.11 Å². The van der Waals surface area contributed by atoms with Crippen LogP contribution in [0.3, 0.4) is 0 Å². The van der Waals surface area contributed by atoms with Crippen molar-refractivity contribution in [1.82, 2.24) is 14.8 Å². The fourth-order valence-electron chi connectivity index (χ4n) is 1.97. The molecule has 4 nitrogen and oxygen atoms in total. The van der Waals surface area contributed by atoms with Crippen LogP contribution < -0.4 is 0 Å². The topological polar surface area (TPSA) is 50.9 Å².